The zero-order chi connectivity index (χ0) is 8.81. The van der Waals surface area contributed by atoms with Crippen LogP contribution in [-0.2, 0) is 21.7 Å². The minimum absolute atomic E-state index is 0. The third kappa shape index (κ3) is 7.38. The molecule has 0 aliphatic heterocycles. The van der Waals surface area contributed by atoms with Gasteiger partial charge in [0.2, 0.25) is 0 Å². The molecule has 2 rings (SSSR count). The van der Waals surface area contributed by atoms with E-state index in [1.54, 1.807) is 0 Å². The van der Waals surface area contributed by atoms with Gasteiger partial charge in [-0.3, -0.25) is 12.2 Å². The molecule has 0 heterocycles. The Morgan fingerprint density at radius 3 is 1.36 bits per heavy atom. The normalized spacial score (nSPS) is 15.9. The first kappa shape index (κ1) is 16.4. The quantitative estimate of drug-likeness (QED) is 0.425. The molecule has 0 saturated carbocycles. The van der Waals surface area contributed by atoms with Crippen molar-refractivity contribution in [1.29, 1.82) is 0 Å². The fourth-order valence-electron chi connectivity index (χ4n) is 0.998. The molecule has 0 aromatic heterocycles. The predicted octanol–water partition coefficient (Wildman–Crippen LogP) is 0.393. The third-order valence-electron chi connectivity index (χ3n) is 1.74. The molecule has 14 heavy (non-hydrogen) atoms. The number of halogens is 1. The molecular weight excluding hydrogens is 227 g/mol. The van der Waals surface area contributed by atoms with E-state index in [1.807, 2.05) is 12.2 Å². The van der Waals surface area contributed by atoms with Crippen LogP contribution >= 0.6 is 0 Å². The maximum absolute atomic E-state index is 3.05. The summed E-state index contributed by atoms with van der Waals surface area (Å²) in [6, 6.07) is 0. The summed E-state index contributed by atoms with van der Waals surface area (Å²) in [5.74, 6) is 0. The molecule has 1 radical (unpaired) electrons. The standard InChI is InChI=1S/2C6H7.ClH.Ti/c2*1-6-4-2-3-5-6;;/h2*4-5H,2H2,1H3;1H;/q2*-1;;+3/p-1. The molecule has 0 spiro atoms. The minimum atomic E-state index is 0. The molecule has 0 N–H and O–H groups in total. The molecule has 2 aliphatic carbocycles. The summed E-state index contributed by atoms with van der Waals surface area (Å²) in [5, 5.41) is 0. The number of hydrogen-bond acceptors (Lipinski definition) is 0. The second-order valence-electron chi connectivity index (χ2n) is 3.00. The van der Waals surface area contributed by atoms with E-state index >= 15 is 0 Å². The molecule has 0 bridgehead atoms. The molecule has 73 valence electrons. The predicted molar refractivity (Wildman–Crippen MR) is 52.4 cm³/mol. The van der Waals surface area contributed by atoms with Crippen LogP contribution in [0.4, 0.5) is 0 Å². The molecule has 0 amide bonds. The van der Waals surface area contributed by atoms with E-state index in [9.17, 15) is 0 Å². The van der Waals surface area contributed by atoms with Crippen LogP contribution in [0.15, 0.2) is 35.5 Å². The van der Waals surface area contributed by atoms with Gasteiger partial charge in [-0.15, -0.1) is 26.7 Å². The topological polar surface area (TPSA) is 0 Å². The molecular formula is C12H14ClTi. The van der Waals surface area contributed by atoms with E-state index < -0.39 is 0 Å². The van der Waals surface area contributed by atoms with Gasteiger partial charge in [-0.1, -0.05) is 0 Å². The van der Waals surface area contributed by atoms with Gasteiger partial charge in [0.1, 0.15) is 0 Å². The van der Waals surface area contributed by atoms with Crippen LogP contribution in [0, 0.1) is 12.2 Å². The molecule has 0 saturated heterocycles. The molecule has 0 aromatic carbocycles. The molecule has 0 nitrogen and oxygen atoms in total. The van der Waals surface area contributed by atoms with Gasteiger partial charge >= 0.3 is 21.7 Å². The van der Waals surface area contributed by atoms with Gasteiger partial charge in [-0.25, -0.2) is 23.3 Å². The average molecular weight is 242 g/mol. The van der Waals surface area contributed by atoms with Gasteiger partial charge in [-0.2, -0.15) is 12.2 Å². The largest absolute Gasteiger partial charge is 3.00 e. The summed E-state index contributed by atoms with van der Waals surface area (Å²) in [6.07, 6.45) is 16.5. The Kier molecular flexibility index (Phi) is 11.1. The van der Waals surface area contributed by atoms with Crippen LogP contribution < -0.4 is 12.4 Å². The Bertz CT molecular complexity index is 226. The molecule has 0 unspecified atom stereocenters. The van der Waals surface area contributed by atoms with Crippen molar-refractivity contribution in [2.75, 3.05) is 0 Å². The Hall–Kier alpha value is -0.0357. The summed E-state index contributed by atoms with van der Waals surface area (Å²) in [6.45, 7) is 4.17. The minimum Gasteiger partial charge on any atom is -1.00 e. The Morgan fingerprint density at radius 2 is 1.29 bits per heavy atom. The second kappa shape index (κ2) is 9.52. The molecule has 0 aromatic rings. The van der Waals surface area contributed by atoms with Crippen molar-refractivity contribution < 1.29 is 34.1 Å². The van der Waals surface area contributed by atoms with E-state index in [1.165, 1.54) is 11.1 Å². The van der Waals surface area contributed by atoms with E-state index in [2.05, 4.69) is 38.2 Å². The Balaban J connectivity index is 0. The fraction of sp³-hybridized carbons (Fsp3) is 0.333. The summed E-state index contributed by atoms with van der Waals surface area (Å²) < 4.78 is 0. The SMILES string of the molecule is CC1=CC[C-]=C1.CC1=CC[C-]=C1.[Cl-].[Ti+3]. The van der Waals surface area contributed by atoms with Crippen LogP contribution in [0.5, 0.6) is 0 Å². The summed E-state index contributed by atoms with van der Waals surface area (Å²) >= 11 is 0. The third-order valence-corrected chi connectivity index (χ3v) is 1.74. The van der Waals surface area contributed by atoms with Crippen molar-refractivity contribution in [3.8, 4) is 0 Å². The van der Waals surface area contributed by atoms with Crippen molar-refractivity contribution >= 4 is 0 Å². The molecule has 2 aliphatic rings. The monoisotopic (exact) mass is 241 g/mol. The first-order valence-corrected chi connectivity index (χ1v) is 4.26. The first-order valence-electron chi connectivity index (χ1n) is 4.26. The molecule has 0 fully saturated rings. The van der Waals surface area contributed by atoms with E-state index in [-0.39, 0.29) is 34.1 Å². The second-order valence-corrected chi connectivity index (χ2v) is 3.00. The van der Waals surface area contributed by atoms with E-state index in [0.717, 1.165) is 12.8 Å². The van der Waals surface area contributed by atoms with Crippen LogP contribution in [0.25, 0.3) is 0 Å². The Morgan fingerprint density at radius 1 is 0.929 bits per heavy atom. The van der Waals surface area contributed by atoms with Crippen molar-refractivity contribution in [3.63, 3.8) is 0 Å². The van der Waals surface area contributed by atoms with Crippen LogP contribution in [0.2, 0.25) is 0 Å². The summed E-state index contributed by atoms with van der Waals surface area (Å²) in [5.41, 5.74) is 2.69. The van der Waals surface area contributed by atoms with Crippen LogP contribution in [0.3, 0.4) is 0 Å². The van der Waals surface area contributed by atoms with Crippen molar-refractivity contribution in [2.24, 2.45) is 0 Å². The fourth-order valence-corrected chi connectivity index (χ4v) is 0.998. The first-order chi connectivity index (χ1) is 5.79. The maximum Gasteiger partial charge on any atom is 3.00 e. The van der Waals surface area contributed by atoms with Gasteiger partial charge in [0.15, 0.2) is 0 Å². The summed E-state index contributed by atoms with van der Waals surface area (Å²) in [4.78, 5) is 0. The maximum atomic E-state index is 3.05. The Labute approximate surface area is 108 Å². The van der Waals surface area contributed by atoms with Crippen LogP contribution in [-0.4, -0.2) is 0 Å². The van der Waals surface area contributed by atoms with Crippen LogP contribution in [0.1, 0.15) is 26.7 Å². The van der Waals surface area contributed by atoms with Gasteiger partial charge in [0.25, 0.3) is 0 Å². The van der Waals surface area contributed by atoms with Crippen molar-refractivity contribution in [1.82, 2.24) is 0 Å². The molecule has 0 atom stereocenters. The smallest absolute Gasteiger partial charge is 1.00 e. The summed E-state index contributed by atoms with van der Waals surface area (Å²) in [7, 11) is 0. The van der Waals surface area contributed by atoms with E-state index in [4.69, 9.17) is 0 Å². The van der Waals surface area contributed by atoms with E-state index in [0.29, 0.717) is 0 Å². The van der Waals surface area contributed by atoms with Gasteiger partial charge in [0.05, 0.1) is 0 Å². The number of rotatable bonds is 0. The van der Waals surface area contributed by atoms with Gasteiger partial charge < -0.3 is 12.4 Å². The number of allylic oxidation sites excluding steroid dienone is 8. The average Bonchev–Trinajstić information content (AvgIpc) is 2.63. The van der Waals surface area contributed by atoms with Crippen molar-refractivity contribution in [2.45, 2.75) is 26.7 Å². The van der Waals surface area contributed by atoms with Gasteiger partial charge in [-0.05, 0) is 0 Å². The van der Waals surface area contributed by atoms with Gasteiger partial charge in [0, 0.05) is 0 Å². The zero-order valence-corrected chi connectivity index (χ0v) is 10.9. The number of hydrogen-bond donors (Lipinski definition) is 0. The molecule has 2 heteroatoms. The van der Waals surface area contributed by atoms with Crippen molar-refractivity contribution in [3.05, 3.63) is 47.6 Å². The zero-order valence-electron chi connectivity index (χ0n) is 8.60.